The lowest BCUT2D eigenvalue weighted by atomic mass is 9.96. The summed E-state index contributed by atoms with van der Waals surface area (Å²) >= 11 is 0. The Morgan fingerprint density at radius 1 is 1.23 bits per heavy atom. The Bertz CT molecular complexity index is 175. The second-order valence-electron chi connectivity index (χ2n) is 3.32. The van der Waals surface area contributed by atoms with Crippen molar-refractivity contribution in [3.63, 3.8) is 0 Å². The zero-order valence-electron chi connectivity index (χ0n) is 8.38. The fourth-order valence-electron chi connectivity index (χ4n) is 1.32. The molecule has 0 aliphatic heterocycles. The lowest BCUT2D eigenvalue weighted by molar-refractivity contribution is -0.144. The van der Waals surface area contributed by atoms with E-state index in [0.717, 1.165) is 12.8 Å². The van der Waals surface area contributed by atoms with Gasteiger partial charge in [0, 0.05) is 12.8 Å². The van der Waals surface area contributed by atoms with E-state index in [1.54, 1.807) is 0 Å². The zero-order valence-corrected chi connectivity index (χ0v) is 8.38. The SMILES string of the molecule is CCCC(=O)C[C@@H](CCC)C(=O)O. The summed E-state index contributed by atoms with van der Waals surface area (Å²) in [7, 11) is 0. The molecule has 0 amide bonds. The van der Waals surface area contributed by atoms with Gasteiger partial charge in [0.25, 0.3) is 0 Å². The lowest BCUT2D eigenvalue weighted by Crippen LogP contribution is -2.17. The minimum Gasteiger partial charge on any atom is -0.481 e. The third-order valence-electron chi connectivity index (χ3n) is 1.99. The van der Waals surface area contributed by atoms with E-state index in [4.69, 9.17) is 5.11 Å². The topological polar surface area (TPSA) is 54.4 Å². The third-order valence-corrected chi connectivity index (χ3v) is 1.99. The predicted octanol–water partition coefficient (Wildman–Crippen LogP) is 2.25. The molecule has 0 aromatic heterocycles. The molecule has 1 atom stereocenters. The molecule has 0 saturated heterocycles. The first kappa shape index (κ1) is 12.1. The van der Waals surface area contributed by atoms with Crippen LogP contribution < -0.4 is 0 Å². The molecule has 0 fully saturated rings. The Morgan fingerprint density at radius 3 is 2.23 bits per heavy atom. The van der Waals surface area contributed by atoms with Crippen LogP contribution in [0, 0.1) is 5.92 Å². The summed E-state index contributed by atoms with van der Waals surface area (Å²) < 4.78 is 0. The highest BCUT2D eigenvalue weighted by atomic mass is 16.4. The van der Waals surface area contributed by atoms with Crippen LogP contribution in [0.15, 0.2) is 0 Å². The Morgan fingerprint density at radius 2 is 1.85 bits per heavy atom. The number of carbonyl (C=O) groups is 2. The number of carboxylic acid groups (broad SMARTS) is 1. The largest absolute Gasteiger partial charge is 0.481 e. The van der Waals surface area contributed by atoms with Crippen LogP contribution in [0.4, 0.5) is 0 Å². The molecule has 0 bridgehead atoms. The van der Waals surface area contributed by atoms with Gasteiger partial charge < -0.3 is 5.11 Å². The van der Waals surface area contributed by atoms with Crippen molar-refractivity contribution < 1.29 is 14.7 Å². The molecule has 0 rings (SSSR count). The van der Waals surface area contributed by atoms with Gasteiger partial charge in [0.2, 0.25) is 0 Å². The van der Waals surface area contributed by atoms with Crippen molar-refractivity contribution in [2.45, 2.75) is 46.0 Å². The van der Waals surface area contributed by atoms with Gasteiger partial charge in [0.05, 0.1) is 5.92 Å². The first-order chi connectivity index (χ1) is 6.11. The molecule has 0 aliphatic carbocycles. The van der Waals surface area contributed by atoms with Crippen LogP contribution in [0.1, 0.15) is 46.0 Å². The van der Waals surface area contributed by atoms with Crippen molar-refractivity contribution in [1.82, 2.24) is 0 Å². The summed E-state index contributed by atoms with van der Waals surface area (Å²) in [5, 5.41) is 8.77. The molecule has 0 heterocycles. The standard InChI is InChI=1S/C10H18O3/c1-3-5-8(10(12)13)7-9(11)6-4-2/h8H,3-7H2,1-2H3,(H,12,13)/t8-/m1/s1. The monoisotopic (exact) mass is 186 g/mol. The van der Waals surface area contributed by atoms with Crippen molar-refractivity contribution in [2.75, 3.05) is 0 Å². The molecule has 0 aliphatic rings. The van der Waals surface area contributed by atoms with E-state index in [2.05, 4.69) is 0 Å². The van der Waals surface area contributed by atoms with E-state index in [-0.39, 0.29) is 12.2 Å². The van der Waals surface area contributed by atoms with Crippen LogP contribution >= 0.6 is 0 Å². The number of Topliss-reactive ketones (excluding diaryl/α,β-unsaturated/α-hetero) is 1. The van der Waals surface area contributed by atoms with Crippen molar-refractivity contribution in [2.24, 2.45) is 5.92 Å². The molecule has 13 heavy (non-hydrogen) atoms. The fraction of sp³-hybridized carbons (Fsp3) is 0.800. The average Bonchev–Trinajstić information content (AvgIpc) is 2.04. The van der Waals surface area contributed by atoms with Gasteiger partial charge in [0.1, 0.15) is 5.78 Å². The second-order valence-corrected chi connectivity index (χ2v) is 3.32. The zero-order chi connectivity index (χ0) is 10.3. The highest BCUT2D eigenvalue weighted by molar-refractivity contribution is 5.83. The molecule has 0 spiro atoms. The van der Waals surface area contributed by atoms with E-state index in [0.29, 0.717) is 12.8 Å². The van der Waals surface area contributed by atoms with Gasteiger partial charge in [-0.25, -0.2) is 0 Å². The summed E-state index contributed by atoms with van der Waals surface area (Å²) in [6, 6.07) is 0. The predicted molar refractivity (Wildman–Crippen MR) is 50.6 cm³/mol. The van der Waals surface area contributed by atoms with Gasteiger partial charge in [-0.1, -0.05) is 20.3 Å². The Labute approximate surface area is 79.1 Å². The Hall–Kier alpha value is -0.860. The van der Waals surface area contributed by atoms with Crippen LogP contribution in [0.3, 0.4) is 0 Å². The number of ketones is 1. The van der Waals surface area contributed by atoms with Crippen LogP contribution in [0.2, 0.25) is 0 Å². The summed E-state index contributed by atoms with van der Waals surface area (Å²) in [6.45, 7) is 3.85. The highest BCUT2D eigenvalue weighted by Crippen LogP contribution is 2.13. The molecule has 0 aromatic carbocycles. The van der Waals surface area contributed by atoms with Gasteiger partial charge in [-0.15, -0.1) is 0 Å². The van der Waals surface area contributed by atoms with E-state index in [1.807, 2.05) is 13.8 Å². The minimum atomic E-state index is -0.841. The molecule has 76 valence electrons. The second kappa shape index (κ2) is 6.63. The summed E-state index contributed by atoms with van der Waals surface area (Å²) in [4.78, 5) is 21.8. The maximum Gasteiger partial charge on any atom is 0.306 e. The molecule has 1 N–H and O–H groups in total. The number of rotatable bonds is 7. The average molecular weight is 186 g/mol. The van der Waals surface area contributed by atoms with Crippen LogP contribution in [0.25, 0.3) is 0 Å². The molecule has 3 nitrogen and oxygen atoms in total. The van der Waals surface area contributed by atoms with Crippen LogP contribution in [0.5, 0.6) is 0 Å². The molecule has 0 saturated carbocycles. The quantitative estimate of drug-likeness (QED) is 0.663. The Kier molecular flexibility index (Phi) is 6.20. The van der Waals surface area contributed by atoms with Crippen molar-refractivity contribution in [1.29, 1.82) is 0 Å². The van der Waals surface area contributed by atoms with Gasteiger partial charge in [0.15, 0.2) is 0 Å². The third kappa shape index (κ3) is 5.39. The maximum absolute atomic E-state index is 11.2. The van der Waals surface area contributed by atoms with Crippen molar-refractivity contribution in [3.8, 4) is 0 Å². The van der Waals surface area contributed by atoms with E-state index < -0.39 is 11.9 Å². The molecule has 3 heteroatoms. The molecule has 0 radical (unpaired) electrons. The number of aliphatic carboxylic acids is 1. The number of hydrogen-bond acceptors (Lipinski definition) is 2. The lowest BCUT2D eigenvalue weighted by Gasteiger charge is -2.09. The first-order valence-electron chi connectivity index (χ1n) is 4.86. The van der Waals surface area contributed by atoms with Crippen LogP contribution in [-0.2, 0) is 9.59 Å². The molecule has 0 aromatic rings. The number of hydrogen-bond donors (Lipinski definition) is 1. The van der Waals surface area contributed by atoms with Crippen LogP contribution in [-0.4, -0.2) is 16.9 Å². The summed E-state index contributed by atoms with van der Waals surface area (Å²) in [5.41, 5.74) is 0. The smallest absolute Gasteiger partial charge is 0.306 e. The first-order valence-corrected chi connectivity index (χ1v) is 4.86. The van der Waals surface area contributed by atoms with E-state index >= 15 is 0 Å². The number of carboxylic acids is 1. The highest BCUT2D eigenvalue weighted by Gasteiger charge is 2.19. The molecular weight excluding hydrogens is 168 g/mol. The van der Waals surface area contributed by atoms with E-state index in [9.17, 15) is 9.59 Å². The molecular formula is C10H18O3. The summed E-state index contributed by atoms with van der Waals surface area (Å²) in [6.07, 6.45) is 2.93. The minimum absolute atomic E-state index is 0.0725. The summed E-state index contributed by atoms with van der Waals surface area (Å²) in [5.74, 6) is -1.24. The fourth-order valence-corrected chi connectivity index (χ4v) is 1.32. The van der Waals surface area contributed by atoms with Gasteiger partial charge in [-0.05, 0) is 12.8 Å². The van der Waals surface area contributed by atoms with Gasteiger partial charge >= 0.3 is 5.97 Å². The van der Waals surface area contributed by atoms with Gasteiger partial charge in [-0.2, -0.15) is 0 Å². The normalized spacial score (nSPS) is 12.5. The number of carbonyl (C=O) groups excluding carboxylic acids is 1. The van der Waals surface area contributed by atoms with Gasteiger partial charge in [-0.3, -0.25) is 9.59 Å². The van der Waals surface area contributed by atoms with E-state index in [1.165, 1.54) is 0 Å². The van der Waals surface area contributed by atoms with Crippen molar-refractivity contribution >= 4 is 11.8 Å². The Balaban J connectivity index is 3.94. The van der Waals surface area contributed by atoms with Crippen molar-refractivity contribution in [3.05, 3.63) is 0 Å². The maximum atomic E-state index is 11.2. The molecule has 0 unspecified atom stereocenters.